The maximum Gasteiger partial charge on any atom is 0.314 e. The Labute approximate surface area is 125 Å². The molecule has 0 saturated heterocycles. The van der Waals surface area contributed by atoms with Crippen LogP contribution >= 0.6 is 0 Å². The van der Waals surface area contributed by atoms with Crippen LogP contribution in [0.1, 0.15) is 58.2 Å². The molecule has 0 spiro atoms. The second-order valence-corrected chi connectivity index (χ2v) is 5.49. The molecule has 3 N–H and O–H groups in total. The van der Waals surface area contributed by atoms with E-state index in [1.165, 1.54) is 0 Å². The van der Waals surface area contributed by atoms with Crippen LogP contribution < -0.4 is 10.6 Å². The Hall–Kier alpha value is -1.63. The van der Waals surface area contributed by atoms with Crippen molar-refractivity contribution < 1.29 is 14.4 Å². The van der Waals surface area contributed by atoms with E-state index < -0.39 is 5.60 Å². The monoisotopic (exact) mass is 298 g/mol. The summed E-state index contributed by atoms with van der Waals surface area (Å²) in [7, 11) is 0. The largest absolute Gasteiger partial charge is 0.388 e. The van der Waals surface area contributed by atoms with Crippen LogP contribution in [-0.2, 0) is 6.42 Å². The number of urea groups is 1. The van der Waals surface area contributed by atoms with E-state index in [0.717, 1.165) is 0 Å². The molecule has 0 aliphatic heterocycles. The van der Waals surface area contributed by atoms with Gasteiger partial charge in [-0.05, 0) is 12.8 Å². The van der Waals surface area contributed by atoms with E-state index in [4.69, 9.17) is 4.52 Å². The lowest BCUT2D eigenvalue weighted by Gasteiger charge is -2.25. The zero-order chi connectivity index (χ0) is 15.9. The number of carbonyl (C=O) groups excluding carboxylic acids is 1. The smallest absolute Gasteiger partial charge is 0.314 e. The van der Waals surface area contributed by atoms with Gasteiger partial charge in [0, 0.05) is 25.4 Å². The first-order valence-electron chi connectivity index (χ1n) is 7.46. The number of amides is 2. The van der Waals surface area contributed by atoms with E-state index in [2.05, 4.69) is 20.8 Å². The van der Waals surface area contributed by atoms with E-state index in [9.17, 15) is 9.90 Å². The van der Waals surface area contributed by atoms with Crippen molar-refractivity contribution in [1.29, 1.82) is 0 Å². The topological polar surface area (TPSA) is 100 Å². The van der Waals surface area contributed by atoms with Crippen molar-refractivity contribution >= 4 is 6.03 Å². The number of nitrogens with zero attached hydrogens (tertiary/aromatic N) is 2. The molecule has 0 fully saturated rings. The van der Waals surface area contributed by atoms with Gasteiger partial charge in [0.15, 0.2) is 5.82 Å². The molecule has 0 atom stereocenters. The summed E-state index contributed by atoms with van der Waals surface area (Å²) in [6.07, 6.45) is 1.69. The molecule has 1 aromatic rings. The summed E-state index contributed by atoms with van der Waals surface area (Å²) < 4.78 is 5.08. The lowest BCUT2D eigenvalue weighted by Crippen LogP contribution is -2.46. The van der Waals surface area contributed by atoms with Crippen LogP contribution in [0.5, 0.6) is 0 Å². The maximum atomic E-state index is 11.6. The standard InChI is InChI=1S/C14H26N4O3/c1-5-14(20,6-2)9-16-13(19)15-8-7-11-17-12(10(3)4)18-21-11/h10,20H,5-9H2,1-4H3,(H2,15,16,19). The molecule has 120 valence electrons. The fourth-order valence-corrected chi connectivity index (χ4v) is 1.69. The molecule has 0 unspecified atom stereocenters. The third kappa shape index (κ3) is 5.71. The molecular weight excluding hydrogens is 272 g/mol. The summed E-state index contributed by atoms with van der Waals surface area (Å²) >= 11 is 0. The molecule has 0 aromatic carbocycles. The first-order valence-corrected chi connectivity index (χ1v) is 7.46. The summed E-state index contributed by atoms with van der Waals surface area (Å²) in [6.45, 7) is 8.41. The number of nitrogens with one attached hydrogen (secondary N) is 2. The minimum absolute atomic E-state index is 0.222. The third-order valence-corrected chi connectivity index (χ3v) is 3.52. The summed E-state index contributed by atoms with van der Waals surface area (Å²) in [5.41, 5.74) is -0.837. The summed E-state index contributed by atoms with van der Waals surface area (Å²) in [5, 5.41) is 19.3. The molecular formula is C14H26N4O3. The molecule has 0 saturated carbocycles. The van der Waals surface area contributed by atoms with Crippen LogP contribution in [0.4, 0.5) is 4.79 Å². The van der Waals surface area contributed by atoms with Crippen molar-refractivity contribution in [3.8, 4) is 0 Å². The van der Waals surface area contributed by atoms with Crippen molar-refractivity contribution in [3.05, 3.63) is 11.7 Å². The van der Waals surface area contributed by atoms with Gasteiger partial charge < -0.3 is 20.3 Å². The van der Waals surface area contributed by atoms with Gasteiger partial charge in [0.1, 0.15) is 0 Å². The van der Waals surface area contributed by atoms with Gasteiger partial charge in [0.2, 0.25) is 5.89 Å². The van der Waals surface area contributed by atoms with Gasteiger partial charge in [-0.2, -0.15) is 4.98 Å². The van der Waals surface area contributed by atoms with Crippen LogP contribution in [0.2, 0.25) is 0 Å². The molecule has 1 aromatic heterocycles. The first-order chi connectivity index (χ1) is 9.90. The molecule has 0 radical (unpaired) electrons. The molecule has 2 amide bonds. The molecule has 7 heteroatoms. The quantitative estimate of drug-likeness (QED) is 0.676. The van der Waals surface area contributed by atoms with E-state index in [-0.39, 0.29) is 18.5 Å². The SMILES string of the molecule is CCC(O)(CC)CNC(=O)NCCc1nc(C(C)C)no1. The van der Waals surface area contributed by atoms with Gasteiger partial charge in [-0.1, -0.05) is 32.9 Å². The fourth-order valence-electron chi connectivity index (χ4n) is 1.69. The Balaban J connectivity index is 2.27. The van der Waals surface area contributed by atoms with E-state index in [1.54, 1.807) is 0 Å². The zero-order valence-corrected chi connectivity index (χ0v) is 13.3. The number of rotatable bonds is 8. The summed E-state index contributed by atoms with van der Waals surface area (Å²) in [5.74, 6) is 1.41. The lowest BCUT2D eigenvalue weighted by atomic mass is 9.98. The average molecular weight is 298 g/mol. The van der Waals surface area contributed by atoms with E-state index in [0.29, 0.717) is 37.5 Å². The van der Waals surface area contributed by atoms with Crippen LogP contribution in [0.25, 0.3) is 0 Å². The Kier molecular flexibility index (Phi) is 6.61. The Bertz CT molecular complexity index is 441. The molecule has 0 aliphatic rings. The van der Waals surface area contributed by atoms with Crippen LogP contribution in [0, 0.1) is 0 Å². The molecule has 7 nitrogen and oxygen atoms in total. The third-order valence-electron chi connectivity index (χ3n) is 3.52. The molecule has 0 aliphatic carbocycles. The second kappa shape index (κ2) is 7.97. The van der Waals surface area contributed by atoms with E-state index >= 15 is 0 Å². The Morgan fingerprint density at radius 1 is 1.33 bits per heavy atom. The second-order valence-electron chi connectivity index (χ2n) is 5.49. The zero-order valence-electron chi connectivity index (χ0n) is 13.3. The number of hydrogen-bond acceptors (Lipinski definition) is 5. The predicted octanol–water partition coefficient (Wildman–Crippen LogP) is 1.59. The first kappa shape index (κ1) is 17.4. The Morgan fingerprint density at radius 3 is 2.52 bits per heavy atom. The van der Waals surface area contributed by atoms with Gasteiger partial charge in [-0.25, -0.2) is 4.79 Å². The minimum Gasteiger partial charge on any atom is -0.388 e. The molecule has 21 heavy (non-hydrogen) atoms. The van der Waals surface area contributed by atoms with Crippen molar-refractivity contribution in [1.82, 2.24) is 20.8 Å². The number of aromatic nitrogens is 2. The van der Waals surface area contributed by atoms with Crippen molar-refractivity contribution in [2.45, 2.75) is 58.5 Å². The normalized spacial score (nSPS) is 11.7. The highest BCUT2D eigenvalue weighted by atomic mass is 16.5. The van der Waals surface area contributed by atoms with Crippen molar-refractivity contribution in [2.75, 3.05) is 13.1 Å². The van der Waals surface area contributed by atoms with Crippen LogP contribution in [0.15, 0.2) is 4.52 Å². The van der Waals surface area contributed by atoms with Crippen LogP contribution in [0.3, 0.4) is 0 Å². The van der Waals surface area contributed by atoms with Gasteiger partial charge in [-0.15, -0.1) is 0 Å². The highest BCUT2D eigenvalue weighted by Crippen LogP contribution is 2.12. The van der Waals surface area contributed by atoms with Gasteiger partial charge in [0.25, 0.3) is 0 Å². The summed E-state index contributed by atoms with van der Waals surface area (Å²) in [4.78, 5) is 15.9. The summed E-state index contributed by atoms with van der Waals surface area (Å²) in [6, 6.07) is -0.307. The maximum absolute atomic E-state index is 11.6. The highest BCUT2D eigenvalue weighted by Gasteiger charge is 2.22. The lowest BCUT2D eigenvalue weighted by molar-refractivity contribution is 0.0349. The van der Waals surface area contributed by atoms with Gasteiger partial charge in [-0.3, -0.25) is 0 Å². The number of hydrogen-bond donors (Lipinski definition) is 3. The van der Waals surface area contributed by atoms with Gasteiger partial charge >= 0.3 is 6.03 Å². The van der Waals surface area contributed by atoms with Crippen LogP contribution in [-0.4, -0.2) is 40.0 Å². The predicted molar refractivity (Wildman–Crippen MR) is 79.0 cm³/mol. The average Bonchev–Trinajstić information content (AvgIpc) is 2.94. The number of carbonyl (C=O) groups is 1. The van der Waals surface area contributed by atoms with E-state index in [1.807, 2.05) is 27.7 Å². The molecule has 0 bridgehead atoms. The fraction of sp³-hybridized carbons (Fsp3) is 0.786. The number of aliphatic hydroxyl groups is 1. The highest BCUT2D eigenvalue weighted by molar-refractivity contribution is 5.73. The Morgan fingerprint density at radius 2 is 2.00 bits per heavy atom. The molecule has 1 rings (SSSR count). The van der Waals surface area contributed by atoms with Gasteiger partial charge in [0.05, 0.1) is 5.60 Å². The van der Waals surface area contributed by atoms with Crippen molar-refractivity contribution in [3.63, 3.8) is 0 Å². The van der Waals surface area contributed by atoms with Crippen molar-refractivity contribution in [2.24, 2.45) is 0 Å². The molecule has 1 heterocycles. The minimum atomic E-state index is -0.837.